The molecule has 0 atom stereocenters. The van der Waals surface area contributed by atoms with Gasteiger partial charge in [-0.2, -0.15) is 0 Å². The van der Waals surface area contributed by atoms with Crippen LogP contribution in [0.4, 0.5) is 0 Å². The van der Waals surface area contributed by atoms with Crippen LogP contribution < -0.4 is 0 Å². The van der Waals surface area contributed by atoms with Gasteiger partial charge in [0.1, 0.15) is 0 Å². The van der Waals surface area contributed by atoms with Crippen LogP contribution in [0.3, 0.4) is 0 Å². The van der Waals surface area contributed by atoms with Crippen molar-refractivity contribution >= 4 is 27.3 Å². The maximum Gasteiger partial charge on any atom is 0.290 e. The Bertz CT molecular complexity index is 1150. The minimum absolute atomic E-state index is 0.0216. The minimum Gasteiger partial charge on any atom is -0.459 e. The van der Waals surface area contributed by atoms with E-state index in [0.29, 0.717) is 16.3 Å². The first-order valence-corrected chi connectivity index (χ1v) is 12.0. The van der Waals surface area contributed by atoms with Crippen LogP contribution in [0.2, 0.25) is 5.02 Å². The first-order valence-electron chi connectivity index (χ1n) is 9.98. The highest BCUT2D eigenvalue weighted by molar-refractivity contribution is 7.90. The summed E-state index contributed by atoms with van der Waals surface area (Å²) < 4.78 is 33.3. The number of benzene rings is 1. The van der Waals surface area contributed by atoms with Gasteiger partial charge in [-0.3, -0.25) is 4.79 Å². The van der Waals surface area contributed by atoms with E-state index in [1.54, 1.807) is 45.9 Å². The number of amides is 1. The zero-order valence-corrected chi connectivity index (χ0v) is 19.5. The van der Waals surface area contributed by atoms with E-state index >= 15 is 0 Å². The molecule has 31 heavy (non-hydrogen) atoms. The van der Waals surface area contributed by atoms with E-state index in [1.165, 1.54) is 12.5 Å². The largest absolute Gasteiger partial charge is 0.459 e. The normalized spacial score (nSPS) is 12.0. The van der Waals surface area contributed by atoms with Crippen LogP contribution in [0.5, 0.6) is 0 Å². The van der Waals surface area contributed by atoms with Crippen molar-refractivity contribution in [1.82, 2.24) is 14.5 Å². The number of rotatable bonds is 8. The van der Waals surface area contributed by atoms with E-state index in [2.05, 4.69) is 4.98 Å². The van der Waals surface area contributed by atoms with Gasteiger partial charge < -0.3 is 13.9 Å². The Balaban J connectivity index is 1.95. The fourth-order valence-corrected chi connectivity index (χ4v) is 5.19. The Hall–Kier alpha value is -2.58. The van der Waals surface area contributed by atoms with Crippen molar-refractivity contribution in [3.8, 4) is 0 Å². The third-order valence-corrected chi connectivity index (χ3v) is 6.64. The second-order valence-corrected chi connectivity index (χ2v) is 10.2. The van der Waals surface area contributed by atoms with E-state index in [1.807, 2.05) is 27.7 Å². The molecule has 0 aliphatic rings. The topological polar surface area (TPSA) is 85.4 Å². The molecule has 3 rings (SSSR count). The number of carbonyl (C=O) groups excluding carboxylic acids is 1. The molecule has 0 spiro atoms. The molecule has 0 aliphatic heterocycles. The van der Waals surface area contributed by atoms with Gasteiger partial charge in [0.2, 0.25) is 15.0 Å². The van der Waals surface area contributed by atoms with Crippen LogP contribution in [0.1, 0.15) is 55.5 Å². The molecular formula is C22H26ClN3O4S. The van der Waals surface area contributed by atoms with Gasteiger partial charge in [0, 0.05) is 17.1 Å². The van der Waals surface area contributed by atoms with Crippen molar-refractivity contribution in [2.24, 2.45) is 0 Å². The van der Waals surface area contributed by atoms with E-state index in [9.17, 15) is 13.2 Å². The number of hydrogen-bond donors (Lipinski definition) is 0. The number of sulfone groups is 1. The summed E-state index contributed by atoms with van der Waals surface area (Å²) in [4.78, 5) is 18.8. The van der Waals surface area contributed by atoms with Gasteiger partial charge in [0.25, 0.3) is 5.91 Å². The lowest BCUT2D eigenvalue weighted by atomic mass is 10.2. The Kier molecular flexibility index (Phi) is 6.91. The highest BCUT2D eigenvalue weighted by Crippen LogP contribution is 2.24. The van der Waals surface area contributed by atoms with Crippen molar-refractivity contribution in [1.29, 1.82) is 0 Å². The second-order valence-electron chi connectivity index (χ2n) is 7.89. The molecule has 0 aliphatic carbocycles. The van der Waals surface area contributed by atoms with Gasteiger partial charge in [-0.05, 0) is 57.5 Å². The SMILES string of the molecule is CC(C)N(Cc1cnc(S(=O)(=O)Cc2cccc(Cl)c2)n1C(C)C)C(=O)c1ccco1. The monoisotopic (exact) mass is 463 g/mol. The summed E-state index contributed by atoms with van der Waals surface area (Å²) in [6.07, 6.45) is 2.97. The van der Waals surface area contributed by atoms with Crippen molar-refractivity contribution in [3.05, 3.63) is 70.9 Å². The Labute approximate surface area is 187 Å². The Morgan fingerprint density at radius 3 is 2.52 bits per heavy atom. The fraction of sp³-hybridized carbons (Fsp3) is 0.364. The lowest BCUT2D eigenvalue weighted by molar-refractivity contribution is 0.0651. The van der Waals surface area contributed by atoms with Crippen molar-refractivity contribution in [2.45, 2.75) is 57.2 Å². The maximum absolute atomic E-state index is 13.2. The van der Waals surface area contributed by atoms with Crippen LogP contribution in [0, 0.1) is 0 Å². The number of furan rings is 1. The highest BCUT2D eigenvalue weighted by atomic mass is 35.5. The van der Waals surface area contributed by atoms with Gasteiger partial charge in [0.15, 0.2) is 5.76 Å². The number of nitrogens with zero attached hydrogens (tertiary/aromatic N) is 3. The molecular weight excluding hydrogens is 438 g/mol. The van der Waals surface area contributed by atoms with Crippen LogP contribution >= 0.6 is 11.6 Å². The third kappa shape index (κ3) is 5.19. The van der Waals surface area contributed by atoms with Gasteiger partial charge in [-0.1, -0.05) is 23.7 Å². The molecule has 9 heteroatoms. The summed E-state index contributed by atoms with van der Waals surface area (Å²) in [6, 6.07) is 9.73. The highest BCUT2D eigenvalue weighted by Gasteiger charge is 2.28. The van der Waals surface area contributed by atoms with Crippen LogP contribution in [0.25, 0.3) is 0 Å². The Morgan fingerprint density at radius 2 is 1.94 bits per heavy atom. The van der Waals surface area contributed by atoms with E-state index < -0.39 is 9.84 Å². The van der Waals surface area contributed by atoms with Gasteiger partial charge in [-0.15, -0.1) is 0 Å². The molecule has 0 fully saturated rings. The molecule has 0 saturated carbocycles. The fourth-order valence-electron chi connectivity index (χ4n) is 3.39. The van der Waals surface area contributed by atoms with Gasteiger partial charge >= 0.3 is 0 Å². The molecule has 1 aromatic carbocycles. The first kappa shape index (κ1) is 23.1. The van der Waals surface area contributed by atoms with Gasteiger partial charge in [-0.25, -0.2) is 13.4 Å². The average Bonchev–Trinajstić information content (AvgIpc) is 3.35. The predicted molar refractivity (Wildman–Crippen MR) is 119 cm³/mol. The summed E-state index contributed by atoms with van der Waals surface area (Å²) in [5.74, 6) is -0.242. The summed E-state index contributed by atoms with van der Waals surface area (Å²) in [6.45, 7) is 7.77. The van der Waals surface area contributed by atoms with E-state index in [0.717, 1.165) is 0 Å². The summed E-state index contributed by atoms with van der Waals surface area (Å²) >= 11 is 6.00. The average molecular weight is 464 g/mol. The first-order chi connectivity index (χ1) is 14.6. The number of hydrogen-bond acceptors (Lipinski definition) is 5. The number of carbonyl (C=O) groups is 1. The third-order valence-electron chi connectivity index (χ3n) is 4.83. The summed E-state index contributed by atoms with van der Waals surface area (Å²) in [5, 5.41) is 0.455. The van der Waals surface area contributed by atoms with Crippen molar-refractivity contribution in [3.63, 3.8) is 0 Å². The van der Waals surface area contributed by atoms with Crippen molar-refractivity contribution in [2.75, 3.05) is 0 Å². The molecule has 0 saturated heterocycles. The molecule has 3 aromatic rings. The molecule has 2 heterocycles. The smallest absolute Gasteiger partial charge is 0.290 e. The molecule has 7 nitrogen and oxygen atoms in total. The molecule has 0 N–H and O–H groups in total. The molecule has 0 unspecified atom stereocenters. The van der Waals surface area contributed by atoms with Crippen LogP contribution in [-0.2, 0) is 22.1 Å². The zero-order valence-electron chi connectivity index (χ0n) is 17.9. The van der Waals surface area contributed by atoms with Crippen LogP contribution in [0.15, 0.2) is 58.4 Å². The van der Waals surface area contributed by atoms with Crippen LogP contribution in [-0.4, -0.2) is 34.8 Å². The molecule has 0 radical (unpaired) electrons. The lowest BCUT2D eigenvalue weighted by Crippen LogP contribution is -2.37. The standard InChI is InChI=1S/C22H26ClN3O4S/c1-15(2)25(21(27)20-9-6-10-30-20)13-19-12-24-22(26(19)16(3)4)31(28,29)14-17-7-5-8-18(23)11-17/h5-12,15-16H,13-14H2,1-4H3. The summed E-state index contributed by atoms with van der Waals surface area (Å²) in [5.41, 5.74) is 1.22. The van der Waals surface area contributed by atoms with Gasteiger partial charge in [0.05, 0.1) is 30.5 Å². The number of aromatic nitrogens is 2. The predicted octanol–water partition coefficient (Wildman–Crippen LogP) is 4.74. The summed E-state index contributed by atoms with van der Waals surface area (Å²) in [7, 11) is -3.73. The molecule has 1 amide bonds. The minimum atomic E-state index is -3.73. The lowest BCUT2D eigenvalue weighted by Gasteiger charge is -2.27. The quantitative estimate of drug-likeness (QED) is 0.481. The van der Waals surface area contributed by atoms with E-state index in [-0.39, 0.29) is 41.2 Å². The molecule has 2 aromatic heterocycles. The molecule has 0 bridgehead atoms. The number of halogens is 1. The number of imidazole rings is 1. The zero-order chi connectivity index (χ0) is 22.8. The maximum atomic E-state index is 13.2. The second kappa shape index (κ2) is 9.28. The van der Waals surface area contributed by atoms with E-state index in [4.69, 9.17) is 16.0 Å². The van der Waals surface area contributed by atoms with Crippen molar-refractivity contribution < 1.29 is 17.6 Å². The Morgan fingerprint density at radius 1 is 1.19 bits per heavy atom. The molecule has 166 valence electrons.